The lowest BCUT2D eigenvalue weighted by Gasteiger charge is -2.49. The van der Waals surface area contributed by atoms with Gasteiger partial charge in [-0.05, 0) is 39.8 Å². The van der Waals surface area contributed by atoms with Gasteiger partial charge in [-0.25, -0.2) is 4.79 Å². The van der Waals surface area contributed by atoms with E-state index < -0.39 is 5.97 Å². The summed E-state index contributed by atoms with van der Waals surface area (Å²) in [5.74, 6) is -0.830. The monoisotopic (exact) mass is 271 g/mol. The molecule has 110 valence electrons. The number of carbonyl (C=O) groups is 2. The van der Waals surface area contributed by atoms with Crippen LogP contribution in [0.15, 0.2) is 0 Å². The predicted molar refractivity (Wildman–Crippen MR) is 73.2 cm³/mol. The van der Waals surface area contributed by atoms with Gasteiger partial charge < -0.3 is 20.2 Å². The molecule has 0 radical (unpaired) electrons. The maximum Gasteiger partial charge on any atom is 0.317 e. The summed E-state index contributed by atoms with van der Waals surface area (Å²) in [4.78, 5) is 26.1. The fourth-order valence-electron chi connectivity index (χ4n) is 2.41. The molecule has 0 aromatic carbocycles. The molecule has 1 fully saturated rings. The molecular weight excluding hydrogens is 246 g/mol. The summed E-state index contributed by atoms with van der Waals surface area (Å²) >= 11 is 0. The molecule has 19 heavy (non-hydrogen) atoms. The third-order valence-corrected chi connectivity index (χ3v) is 3.95. The lowest BCUT2D eigenvalue weighted by molar-refractivity contribution is -0.137. The normalized spacial score (nSPS) is 16.8. The van der Waals surface area contributed by atoms with Gasteiger partial charge in [0, 0.05) is 32.1 Å². The van der Waals surface area contributed by atoms with Crippen molar-refractivity contribution in [1.29, 1.82) is 0 Å². The van der Waals surface area contributed by atoms with Crippen LogP contribution >= 0.6 is 0 Å². The molecule has 0 aromatic rings. The summed E-state index contributed by atoms with van der Waals surface area (Å²) in [6.07, 6.45) is 4.01. The molecule has 1 aliphatic carbocycles. The minimum atomic E-state index is -0.830. The highest BCUT2D eigenvalue weighted by molar-refractivity contribution is 5.74. The van der Waals surface area contributed by atoms with Crippen LogP contribution in [-0.2, 0) is 4.79 Å². The van der Waals surface area contributed by atoms with E-state index in [-0.39, 0.29) is 18.0 Å². The molecular formula is C13H25N3O3. The van der Waals surface area contributed by atoms with E-state index >= 15 is 0 Å². The van der Waals surface area contributed by atoms with Crippen molar-refractivity contribution in [3.05, 3.63) is 0 Å². The third-order valence-electron chi connectivity index (χ3n) is 3.95. The summed E-state index contributed by atoms with van der Waals surface area (Å²) in [6.45, 7) is 1.12. The van der Waals surface area contributed by atoms with E-state index in [4.69, 9.17) is 5.11 Å². The van der Waals surface area contributed by atoms with Crippen molar-refractivity contribution in [2.75, 3.05) is 34.2 Å². The van der Waals surface area contributed by atoms with Crippen LogP contribution in [0.1, 0.15) is 32.1 Å². The zero-order chi connectivity index (χ0) is 14.5. The van der Waals surface area contributed by atoms with E-state index in [0.29, 0.717) is 19.5 Å². The van der Waals surface area contributed by atoms with E-state index in [0.717, 1.165) is 12.8 Å². The first-order valence-electron chi connectivity index (χ1n) is 6.75. The molecule has 0 unspecified atom stereocenters. The number of carbonyl (C=O) groups excluding carboxylic acids is 1. The lowest BCUT2D eigenvalue weighted by Crippen LogP contribution is -2.58. The number of rotatable bonds is 7. The average Bonchev–Trinajstić information content (AvgIpc) is 2.27. The fourth-order valence-corrected chi connectivity index (χ4v) is 2.41. The summed E-state index contributed by atoms with van der Waals surface area (Å²) in [7, 11) is 5.89. The number of hydrogen-bond donors (Lipinski definition) is 2. The maximum absolute atomic E-state index is 11.9. The van der Waals surface area contributed by atoms with E-state index in [1.54, 1.807) is 11.9 Å². The Bertz CT molecular complexity index is 327. The summed E-state index contributed by atoms with van der Waals surface area (Å²) < 4.78 is 0. The van der Waals surface area contributed by atoms with Gasteiger partial charge in [-0.3, -0.25) is 4.79 Å². The number of aliphatic carboxylic acids is 1. The van der Waals surface area contributed by atoms with Gasteiger partial charge in [0.25, 0.3) is 0 Å². The molecule has 2 N–H and O–H groups in total. The van der Waals surface area contributed by atoms with E-state index in [9.17, 15) is 9.59 Å². The lowest BCUT2D eigenvalue weighted by atomic mass is 9.75. The minimum absolute atomic E-state index is 0.0889. The molecule has 1 rings (SSSR count). The van der Waals surface area contributed by atoms with Gasteiger partial charge in [0.05, 0.1) is 0 Å². The quantitative estimate of drug-likeness (QED) is 0.677. The number of carboxylic acid groups (broad SMARTS) is 1. The third kappa shape index (κ3) is 4.38. The Labute approximate surface area is 114 Å². The van der Waals surface area contributed by atoms with Crippen LogP contribution in [0.3, 0.4) is 0 Å². The molecule has 1 aliphatic rings. The van der Waals surface area contributed by atoms with Crippen LogP contribution in [-0.4, -0.2) is 66.7 Å². The average molecular weight is 271 g/mol. The minimum Gasteiger partial charge on any atom is -0.481 e. The largest absolute Gasteiger partial charge is 0.481 e. The Morgan fingerprint density at radius 1 is 1.26 bits per heavy atom. The molecule has 0 spiro atoms. The molecule has 2 amide bonds. The molecule has 0 bridgehead atoms. The fraction of sp³-hybridized carbons (Fsp3) is 0.846. The maximum atomic E-state index is 11.9. The van der Waals surface area contributed by atoms with Gasteiger partial charge in [0.2, 0.25) is 0 Å². The van der Waals surface area contributed by atoms with Gasteiger partial charge >= 0.3 is 12.0 Å². The number of likely N-dealkylation sites (N-methyl/N-ethyl adjacent to an activating group) is 2. The highest BCUT2D eigenvalue weighted by Crippen LogP contribution is 2.36. The van der Waals surface area contributed by atoms with Crippen molar-refractivity contribution in [2.24, 2.45) is 0 Å². The van der Waals surface area contributed by atoms with Crippen molar-refractivity contribution in [3.63, 3.8) is 0 Å². The van der Waals surface area contributed by atoms with Crippen LogP contribution < -0.4 is 5.32 Å². The van der Waals surface area contributed by atoms with Crippen molar-refractivity contribution in [3.8, 4) is 0 Å². The second-order valence-corrected chi connectivity index (χ2v) is 5.56. The molecule has 0 atom stereocenters. The van der Waals surface area contributed by atoms with Gasteiger partial charge in [-0.1, -0.05) is 0 Å². The number of amides is 2. The van der Waals surface area contributed by atoms with Crippen molar-refractivity contribution in [1.82, 2.24) is 15.1 Å². The zero-order valence-electron chi connectivity index (χ0n) is 12.1. The Morgan fingerprint density at radius 3 is 2.32 bits per heavy atom. The van der Waals surface area contributed by atoms with Gasteiger partial charge in [-0.15, -0.1) is 0 Å². The number of urea groups is 1. The van der Waals surface area contributed by atoms with Crippen LogP contribution in [0.4, 0.5) is 4.79 Å². The highest BCUT2D eigenvalue weighted by atomic mass is 16.4. The van der Waals surface area contributed by atoms with Gasteiger partial charge in [-0.2, -0.15) is 0 Å². The second-order valence-electron chi connectivity index (χ2n) is 5.56. The topological polar surface area (TPSA) is 72.9 Å². The number of nitrogens with zero attached hydrogens (tertiary/aromatic N) is 2. The van der Waals surface area contributed by atoms with Crippen LogP contribution in [0.5, 0.6) is 0 Å². The zero-order valence-corrected chi connectivity index (χ0v) is 12.1. The van der Waals surface area contributed by atoms with E-state index in [1.807, 2.05) is 0 Å². The first-order chi connectivity index (χ1) is 8.87. The molecule has 1 saturated carbocycles. The molecule has 0 aromatic heterocycles. The first kappa shape index (κ1) is 15.8. The van der Waals surface area contributed by atoms with Crippen LogP contribution in [0.25, 0.3) is 0 Å². The SMILES string of the molecule is CN(CC1(N(C)C)CCC1)C(=O)NCCCC(=O)O. The molecule has 0 heterocycles. The van der Waals surface area contributed by atoms with Crippen molar-refractivity contribution >= 4 is 12.0 Å². The standard InChI is InChI=1S/C13H25N3O3/c1-15(2)13(7-5-8-13)10-16(3)12(19)14-9-4-6-11(17)18/h4-10H2,1-3H3,(H,14,19)(H,17,18). The van der Waals surface area contributed by atoms with E-state index in [1.165, 1.54) is 6.42 Å². The molecule has 6 heteroatoms. The predicted octanol–water partition coefficient (Wildman–Crippen LogP) is 0.977. The number of carboxylic acids is 1. The molecule has 6 nitrogen and oxygen atoms in total. The van der Waals surface area contributed by atoms with Gasteiger partial charge in [0.1, 0.15) is 0 Å². The van der Waals surface area contributed by atoms with Gasteiger partial charge in [0.15, 0.2) is 0 Å². The molecule has 0 aliphatic heterocycles. The summed E-state index contributed by atoms with van der Waals surface area (Å²) in [5.41, 5.74) is 0.118. The smallest absolute Gasteiger partial charge is 0.317 e. The second kappa shape index (κ2) is 6.75. The Morgan fingerprint density at radius 2 is 1.89 bits per heavy atom. The highest BCUT2D eigenvalue weighted by Gasteiger charge is 2.40. The summed E-state index contributed by atoms with van der Waals surface area (Å²) in [5, 5.41) is 11.3. The van der Waals surface area contributed by atoms with Crippen LogP contribution in [0, 0.1) is 0 Å². The summed E-state index contributed by atoms with van der Waals surface area (Å²) in [6, 6.07) is -0.126. The Balaban J connectivity index is 2.30. The first-order valence-corrected chi connectivity index (χ1v) is 6.75. The Hall–Kier alpha value is -1.30. The van der Waals surface area contributed by atoms with Crippen molar-refractivity contribution < 1.29 is 14.7 Å². The molecule has 0 saturated heterocycles. The Kier molecular flexibility index (Phi) is 5.60. The van der Waals surface area contributed by atoms with Crippen molar-refractivity contribution in [2.45, 2.75) is 37.6 Å². The van der Waals surface area contributed by atoms with E-state index in [2.05, 4.69) is 24.3 Å². The van der Waals surface area contributed by atoms with Crippen LogP contribution in [0.2, 0.25) is 0 Å². The number of nitrogens with one attached hydrogen (secondary N) is 1. The number of hydrogen-bond acceptors (Lipinski definition) is 3.